The number of thiophene rings is 1. The van der Waals surface area contributed by atoms with Crippen LogP contribution in [0.3, 0.4) is 0 Å². The van der Waals surface area contributed by atoms with Gasteiger partial charge >= 0.3 is 0 Å². The molecule has 0 fully saturated rings. The Hall–Kier alpha value is -1.23. The van der Waals surface area contributed by atoms with Gasteiger partial charge in [-0.25, -0.2) is 0 Å². The second kappa shape index (κ2) is 6.09. The first-order valence-corrected chi connectivity index (χ1v) is 6.72. The van der Waals surface area contributed by atoms with Crippen LogP contribution >= 0.6 is 22.9 Å². The Morgan fingerprint density at radius 3 is 2.78 bits per heavy atom. The number of halogens is 1. The molecule has 2 N–H and O–H groups in total. The molecule has 5 heteroatoms. The molecule has 0 bridgehead atoms. The molecule has 0 aliphatic carbocycles. The largest absolute Gasteiger partial charge is 0.497 e. The van der Waals surface area contributed by atoms with Crippen LogP contribution in [0, 0.1) is 0 Å². The van der Waals surface area contributed by atoms with Crippen LogP contribution in [0.4, 0.5) is 0 Å². The molecule has 96 valence electrons. The molecule has 0 radical (unpaired) electrons. The molecular formula is C13H14ClNO2S. The quantitative estimate of drug-likeness (QED) is 0.914. The van der Waals surface area contributed by atoms with Crippen LogP contribution in [-0.4, -0.2) is 7.11 Å². The van der Waals surface area contributed by atoms with E-state index < -0.39 is 0 Å². The van der Waals surface area contributed by atoms with Crippen molar-refractivity contribution in [2.45, 2.75) is 13.2 Å². The van der Waals surface area contributed by atoms with Gasteiger partial charge in [-0.1, -0.05) is 17.7 Å². The van der Waals surface area contributed by atoms with Crippen LogP contribution in [0.15, 0.2) is 29.6 Å². The normalized spacial score (nSPS) is 10.4. The Labute approximate surface area is 115 Å². The fourth-order valence-electron chi connectivity index (χ4n) is 1.54. The fraction of sp³-hybridized carbons (Fsp3) is 0.231. The van der Waals surface area contributed by atoms with E-state index in [-0.39, 0.29) is 0 Å². The highest BCUT2D eigenvalue weighted by Gasteiger charge is 2.07. The minimum Gasteiger partial charge on any atom is -0.497 e. The van der Waals surface area contributed by atoms with E-state index in [1.54, 1.807) is 18.4 Å². The number of hydrogen-bond acceptors (Lipinski definition) is 4. The van der Waals surface area contributed by atoms with Crippen molar-refractivity contribution in [1.29, 1.82) is 0 Å². The van der Waals surface area contributed by atoms with Gasteiger partial charge < -0.3 is 15.2 Å². The summed E-state index contributed by atoms with van der Waals surface area (Å²) in [4.78, 5) is 1.00. The summed E-state index contributed by atoms with van der Waals surface area (Å²) in [6, 6.07) is 7.47. The second-order valence-electron chi connectivity index (χ2n) is 3.66. The van der Waals surface area contributed by atoms with Crippen molar-refractivity contribution in [1.82, 2.24) is 0 Å². The van der Waals surface area contributed by atoms with Gasteiger partial charge in [0.2, 0.25) is 0 Å². The zero-order chi connectivity index (χ0) is 13.0. The van der Waals surface area contributed by atoms with Gasteiger partial charge in [0.15, 0.2) is 0 Å². The highest BCUT2D eigenvalue weighted by Crippen LogP contribution is 2.28. The monoisotopic (exact) mass is 283 g/mol. The zero-order valence-corrected chi connectivity index (χ0v) is 11.6. The average Bonchev–Trinajstić information content (AvgIpc) is 2.81. The van der Waals surface area contributed by atoms with Crippen LogP contribution in [0.25, 0.3) is 0 Å². The number of rotatable bonds is 5. The SMILES string of the molecule is COc1ccc(CN)c(OCc2sccc2Cl)c1. The van der Waals surface area contributed by atoms with Gasteiger partial charge in [-0.3, -0.25) is 0 Å². The van der Waals surface area contributed by atoms with E-state index >= 15 is 0 Å². The molecule has 2 aromatic rings. The van der Waals surface area contributed by atoms with Gasteiger partial charge in [-0.2, -0.15) is 0 Å². The van der Waals surface area contributed by atoms with Crippen LogP contribution in [0.2, 0.25) is 5.02 Å². The Morgan fingerprint density at radius 1 is 1.33 bits per heavy atom. The molecule has 0 saturated carbocycles. The van der Waals surface area contributed by atoms with E-state index in [0.717, 1.165) is 27.0 Å². The van der Waals surface area contributed by atoms with E-state index in [9.17, 15) is 0 Å². The van der Waals surface area contributed by atoms with Crippen LogP contribution in [-0.2, 0) is 13.2 Å². The third-order valence-corrected chi connectivity index (χ3v) is 3.90. The predicted octanol–water partition coefficient (Wildman–Crippen LogP) is 3.45. The van der Waals surface area contributed by atoms with Crippen molar-refractivity contribution < 1.29 is 9.47 Å². The molecule has 0 amide bonds. The fourth-order valence-corrected chi connectivity index (χ4v) is 2.54. The van der Waals surface area contributed by atoms with Gasteiger partial charge in [0.05, 0.1) is 17.0 Å². The topological polar surface area (TPSA) is 44.5 Å². The van der Waals surface area contributed by atoms with Gasteiger partial charge in [0.1, 0.15) is 18.1 Å². The van der Waals surface area contributed by atoms with E-state index in [1.165, 1.54) is 0 Å². The van der Waals surface area contributed by atoms with E-state index in [0.29, 0.717) is 13.2 Å². The molecule has 1 aromatic carbocycles. The first-order chi connectivity index (χ1) is 8.74. The molecule has 1 aromatic heterocycles. The maximum Gasteiger partial charge on any atom is 0.128 e. The molecule has 0 aliphatic heterocycles. The lowest BCUT2D eigenvalue weighted by atomic mass is 10.2. The van der Waals surface area contributed by atoms with Crippen molar-refractivity contribution in [2.75, 3.05) is 7.11 Å². The lowest BCUT2D eigenvalue weighted by Crippen LogP contribution is -2.02. The molecule has 3 nitrogen and oxygen atoms in total. The molecule has 18 heavy (non-hydrogen) atoms. The standard InChI is InChI=1S/C13H14ClNO2S/c1-16-10-3-2-9(7-15)12(6-10)17-8-13-11(14)4-5-18-13/h2-6H,7-8,15H2,1H3. The summed E-state index contributed by atoms with van der Waals surface area (Å²) in [6.07, 6.45) is 0. The van der Waals surface area contributed by atoms with Crippen LogP contribution < -0.4 is 15.2 Å². The minimum atomic E-state index is 0.428. The third-order valence-electron chi connectivity index (χ3n) is 2.54. The maximum atomic E-state index is 6.02. The molecule has 0 saturated heterocycles. The second-order valence-corrected chi connectivity index (χ2v) is 5.07. The van der Waals surface area contributed by atoms with Gasteiger partial charge in [-0.15, -0.1) is 11.3 Å². The van der Waals surface area contributed by atoms with Crippen LogP contribution in [0.1, 0.15) is 10.4 Å². The molecule has 0 spiro atoms. The van der Waals surface area contributed by atoms with Crippen molar-refractivity contribution >= 4 is 22.9 Å². The van der Waals surface area contributed by atoms with Crippen molar-refractivity contribution in [3.05, 3.63) is 45.1 Å². The molecule has 0 unspecified atom stereocenters. The van der Waals surface area contributed by atoms with E-state index in [2.05, 4.69) is 0 Å². The van der Waals surface area contributed by atoms with Crippen molar-refractivity contribution in [3.63, 3.8) is 0 Å². The summed E-state index contributed by atoms with van der Waals surface area (Å²) < 4.78 is 10.9. The van der Waals surface area contributed by atoms with Gasteiger partial charge in [0.25, 0.3) is 0 Å². The summed E-state index contributed by atoms with van der Waals surface area (Å²) in [5.41, 5.74) is 6.62. The molecule has 0 aliphatic rings. The number of nitrogens with two attached hydrogens (primary N) is 1. The Balaban J connectivity index is 2.14. The lowest BCUT2D eigenvalue weighted by molar-refractivity contribution is 0.304. The molecular weight excluding hydrogens is 270 g/mol. The molecule has 0 atom stereocenters. The molecule has 1 heterocycles. The van der Waals surface area contributed by atoms with Gasteiger partial charge in [0, 0.05) is 18.2 Å². The van der Waals surface area contributed by atoms with Crippen molar-refractivity contribution in [2.24, 2.45) is 5.73 Å². The number of benzene rings is 1. The summed E-state index contributed by atoms with van der Waals surface area (Å²) in [6.45, 7) is 0.869. The van der Waals surface area contributed by atoms with Crippen molar-refractivity contribution in [3.8, 4) is 11.5 Å². The minimum absolute atomic E-state index is 0.428. The summed E-state index contributed by atoms with van der Waals surface area (Å²) in [7, 11) is 1.62. The van der Waals surface area contributed by atoms with Gasteiger partial charge in [-0.05, 0) is 17.5 Å². The first-order valence-electron chi connectivity index (χ1n) is 5.46. The number of ether oxygens (including phenoxy) is 2. The number of hydrogen-bond donors (Lipinski definition) is 1. The average molecular weight is 284 g/mol. The maximum absolute atomic E-state index is 6.02. The highest BCUT2D eigenvalue weighted by atomic mass is 35.5. The third kappa shape index (κ3) is 2.96. The lowest BCUT2D eigenvalue weighted by Gasteiger charge is -2.11. The van der Waals surface area contributed by atoms with Crippen LogP contribution in [0.5, 0.6) is 11.5 Å². The van der Waals surface area contributed by atoms with E-state index in [4.69, 9.17) is 26.8 Å². The predicted molar refractivity (Wildman–Crippen MR) is 74.5 cm³/mol. The van der Waals surface area contributed by atoms with E-state index in [1.807, 2.05) is 29.6 Å². The smallest absolute Gasteiger partial charge is 0.128 e. The Bertz CT molecular complexity index is 527. The summed E-state index contributed by atoms with van der Waals surface area (Å²) >= 11 is 7.59. The molecule has 2 rings (SSSR count). The highest BCUT2D eigenvalue weighted by molar-refractivity contribution is 7.10. The Kier molecular flexibility index (Phi) is 4.47. The summed E-state index contributed by atoms with van der Waals surface area (Å²) in [5, 5.41) is 2.67. The summed E-state index contributed by atoms with van der Waals surface area (Å²) in [5.74, 6) is 1.49. The first kappa shape index (κ1) is 13.2. The Morgan fingerprint density at radius 2 is 2.17 bits per heavy atom. The zero-order valence-electron chi connectivity index (χ0n) is 9.98. The number of methoxy groups -OCH3 is 1.